The molecule has 3 rings (SSSR count). The fraction of sp³-hybridized carbons (Fsp3) is 0.455. The van der Waals surface area contributed by atoms with Gasteiger partial charge < -0.3 is 14.5 Å². The maximum Gasteiger partial charge on any atom is 0.263 e. The summed E-state index contributed by atoms with van der Waals surface area (Å²) in [6, 6.07) is 13.9. The van der Waals surface area contributed by atoms with E-state index >= 15 is 0 Å². The van der Waals surface area contributed by atoms with Gasteiger partial charge in [0.25, 0.3) is 5.91 Å². The van der Waals surface area contributed by atoms with E-state index in [1.54, 1.807) is 6.20 Å². The number of nitrogens with zero attached hydrogens (tertiary/aromatic N) is 3. The van der Waals surface area contributed by atoms with Crippen molar-refractivity contribution in [1.82, 2.24) is 9.88 Å². The van der Waals surface area contributed by atoms with E-state index < -0.39 is 6.10 Å². The van der Waals surface area contributed by atoms with Crippen LogP contribution < -0.4 is 9.64 Å². The second-order valence-corrected chi connectivity index (χ2v) is 8.03. The monoisotopic (exact) mass is 367 g/mol. The van der Waals surface area contributed by atoms with Gasteiger partial charge in [0.1, 0.15) is 11.6 Å². The van der Waals surface area contributed by atoms with E-state index in [0.717, 1.165) is 24.7 Å². The maximum atomic E-state index is 12.7. The zero-order valence-corrected chi connectivity index (χ0v) is 16.7. The van der Waals surface area contributed by atoms with E-state index in [0.29, 0.717) is 13.1 Å². The first-order chi connectivity index (χ1) is 12.8. The zero-order chi connectivity index (χ0) is 19.4. The number of rotatable bonds is 4. The maximum absolute atomic E-state index is 12.7. The Hall–Kier alpha value is -2.56. The molecular weight excluding hydrogens is 338 g/mol. The summed E-state index contributed by atoms with van der Waals surface area (Å²) in [6.45, 7) is 11.3. The van der Waals surface area contributed by atoms with Crippen molar-refractivity contribution in [2.75, 3.05) is 31.1 Å². The van der Waals surface area contributed by atoms with E-state index in [9.17, 15) is 4.79 Å². The topological polar surface area (TPSA) is 45.7 Å². The van der Waals surface area contributed by atoms with E-state index in [1.807, 2.05) is 42.2 Å². The number of hydrogen-bond acceptors (Lipinski definition) is 4. The van der Waals surface area contributed by atoms with E-state index in [1.165, 1.54) is 5.56 Å². The Balaban J connectivity index is 1.54. The Kier molecular flexibility index (Phi) is 5.68. The van der Waals surface area contributed by atoms with Crippen LogP contribution >= 0.6 is 0 Å². The molecule has 5 nitrogen and oxygen atoms in total. The number of hydrogen-bond donors (Lipinski definition) is 0. The molecule has 0 bridgehead atoms. The van der Waals surface area contributed by atoms with Crippen LogP contribution in [0.25, 0.3) is 0 Å². The summed E-state index contributed by atoms with van der Waals surface area (Å²) >= 11 is 0. The minimum Gasteiger partial charge on any atom is -0.481 e. The van der Waals surface area contributed by atoms with Gasteiger partial charge in [0.05, 0.1) is 0 Å². The first kappa shape index (κ1) is 19.2. The third-order valence-electron chi connectivity index (χ3n) is 4.95. The highest BCUT2D eigenvalue weighted by Gasteiger charge is 2.26. The van der Waals surface area contributed by atoms with Crippen LogP contribution in [0.15, 0.2) is 48.7 Å². The number of pyridine rings is 1. The zero-order valence-electron chi connectivity index (χ0n) is 16.7. The van der Waals surface area contributed by atoms with Crippen molar-refractivity contribution in [2.24, 2.45) is 0 Å². The van der Waals surface area contributed by atoms with Crippen LogP contribution in [0, 0.1) is 0 Å². The van der Waals surface area contributed by atoms with Gasteiger partial charge >= 0.3 is 0 Å². The van der Waals surface area contributed by atoms with Crippen molar-refractivity contribution in [1.29, 1.82) is 0 Å². The molecule has 1 aliphatic heterocycles. The van der Waals surface area contributed by atoms with Gasteiger partial charge in [0.15, 0.2) is 6.10 Å². The number of aromatic nitrogens is 1. The minimum atomic E-state index is -0.494. The summed E-state index contributed by atoms with van der Waals surface area (Å²) in [5.74, 6) is 1.74. The molecule has 1 amide bonds. The predicted molar refractivity (Wildman–Crippen MR) is 108 cm³/mol. The van der Waals surface area contributed by atoms with Crippen molar-refractivity contribution in [2.45, 2.75) is 39.2 Å². The Morgan fingerprint density at radius 2 is 1.70 bits per heavy atom. The predicted octanol–water partition coefficient (Wildman–Crippen LogP) is 3.50. The third-order valence-corrected chi connectivity index (χ3v) is 4.95. The van der Waals surface area contributed by atoms with Crippen molar-refractivity contribution in [3.05, 3.63) is 54.2 Å². The van der Waals surface area contributed by atoms with Crippen molar-refractivity contribution in [3.63, 3.8) is 0 Å². The summed E-state index contributed by atoms with van der Waals surface area (Å²) < 4.78 is 5.89. The first-order valence-electron chi connectivity index (χ1n) is 9.56. The summed E-state index contributed by atoms with van der Waals surface area (Å²) in [4.78, 5) is 21.2. The molecule has 144 valence electrons. The quantitative estimate of drug-likeness (QED) is 0.830. The standard InChI is InChI=1S/C22H29N3O2/c1-17(27-19-10-8-18(9-11-19)22(2,3)4)21(26)25-15-13-24(14-16-25)20-7-5-6-12-23-20/h5-12,17H,13-16H2,1-4H3/t17-/m0/s1. The number of piperazine rings is 1. The van der Waals surface area contributed by atoms with Crippen LogP contribution in [-0.4, -0.2) is 48.1 Å². The Bertz CT molecular complexity index is 745. The molecule has 1 aliphatic rings. The molecule has 1 aromatic carbocycles. The van der Waals surface area contributed by atoms with Crippen LogP contribution in [0.1, 0.15) is 33.3 Å². The van der Waals surface area contributed by atoms with E-state index in [-0.39, 0.29) is 11.3 Å². The van der Waals surface area contributed by atoms with Gasteiger partial charge in [-0.1, -0.05) is 39.0 Å². The summed E-state index contributed by atoms with van der Waals surface area (Å²) in [5, 5.41) is 0. The van der Waals surface area contributed by atoms with E-state index in [2.05, 4.69) is 42.8 Å². The molecule has 0 N–H and O–H groups in total. The molecule has 0 radical (unpaired) electrons. The van der Waals surface area contributed by atoms with Gasteiger partial charge in [-0.15, -0.1) is 0 Å². The number of anilines is 1. The fourth-order valence-electron chi connectivity index (χ4n) is 3.24. The van der Waals surface area contributed by atoms with Crippen molar-refractivity contribution < 1.29 is 9.53 Å². The fourth-order valence-corrected chi connectivity index (χ4v) is 3.24. The molecule has 0 saturated carbocycles. The number of carbonyl (C=O) groups is 1. The van der Waals surface area contributed by atoms with Gasteiger partial charge in [0, 0.05) is 32.4 Å². The highest BCUT2D eigenvalue weighted by molar-refractivity contribution is 5.81. The Labute approximate surface area is 162 Å². The van der Waals surface area contributed by atoms with Crippen LogP contribution in [0.3, 0.4) is 0 Å². The number of carbonyl (C=O) groups excluding carboxylic acids is 1. The highest BCUT2D eigenvalue weighted by atomic mass is 16.5. The smallest absolute Gasteiger partial charge is 0.263 e. The molecule has 0 unspecified atom stereocenters. The average Bonchev–Trinajstić information content (AvgIpc) is 2.68. The largest absolute Gasteiger partial charge is 0.481 e. The summed E-state index contributed by atoms with van der Waals surface area (Å²) in [6.07, 6.45) is 1.31. The second-order valence-electron chi connectivity index (χ2n) is 8.03. The van der Waals surface area contributed by atoms with Gasteiger partial charge in [0.2, 0.25) is 0 Å². The van der Waals surface area contributed by atoms with E-state index in [4.69, 9.17) is 4.74 Å². The lowest BCUT2D eigenvalue weighted by Gasteiger charge is -2.36. The lowest BCUT2D eigenvalue weighted by molar-refractivity contribution is -0.138. The SMILES string of the molecule is C[C@H](Oc1ccc(C(C)(C)C)cc1)C(=O)N1CCN(c2ccccn2)CC1. The molecule has 5 heteroatoms. The second kappa shape index (κ2) is 7.99. The van der Waals surface area contributed by atoms with Crippen LogP contribution in [0.2, 0.25) is 0 Å². The first-order valence-corrected chi connectivity index (χ1v) is 9.56. The molecule has 1 fully saturated rings. The van der Waals surface area contributed by atoms with Gasteiger partial charge in [-0.05, 0) is 42.2 Å². The van der Waals surface area contributed by atoms with Gasteiger partial charge in [-0.3, -0.25) is 4.79 Å². The van der Waals surface area contributed by atoms with Crippen molar-refractivity contribution >= 4 is 11.7 Å². The molecule has 27 heavy (non-hydrogen) atoms. The molecule has 1 saturated heterocycles. The van der Waals surface area contributed by atoms with Gasteiger partial charge in [-0.2, -0.15) is 0 Å². The summed E-state index contributed by atoms with van der Waals surface area (Å²) in [5.41, 5.74) is 1.35. The van der Waals surface area contributed by atoms with Crippen LogP contribution in [0.4, 0.5) is 5.82 Å². The summed E-state index contributed by atoms with van der Waals surface area (Å²) in [7, 11) is 0. The molecule has 2 aromatic rings. The van der Waals surface area contributed by atoms with Crippen LogP contribution in [0.5, 0.6) is 5.75 Å². The molecular formula is C22H29N3O2. The molecule has 2 heterocycles. The average molecular weight is 367 g/mol. The normalized spacial score (nSPS) is 16.1. The molecule has 1 aromatic heterocycles. The highest BCUT2D eigenvalue weighted by Crippen LogP contribution is 2.25. The molecule has 0 aliphatic carbocycles. The Morgan fingerprint density at radius 1 is 1.04 bits per heavy atom. The number of amides is 1. The minimum absolute atomic E-state index is 0.0376. The number of benzene rings is 1. The Morgan fingerprint density at radius 3 is 2.26 bits per heavy atom. The van der Waals surface area contributed by atoms with Crippen LogP contribution in [-0.2, 0) is 10.2 Å². The number of ether oxygens (including phenoxy) is 1. The third kappa shape index (κ3) is 4.79. The lowest BCUT2D eigenvalue weighted by Crippen LogP contribution is -2.52. The lowest BCUT2D eigenvalue weighted by atomic mass is 9.87. The molecule has 0 spiro atoms. The molecule has 1 atom stereocenters. The van der Waals surface area contributed by atoms with Gasteiger partial charge in [-0.25, -0.2) is 4.98 Å². The van der Waals surface area contributed by atoms with Crippen molar-refractivity contribution in [3.8, 4) is 5.75 Å².